The number of fused-ring (bicyclic) bond motifs is 1. The molecule has 0 spiro atoms. The molecule has 2 atom stereocenters. The lowest BCUT2D eigenvalue weighted by Gasteiger charge is -2.43. The summed E-state index contributed by atoms with van der Waals surface area (Å²) in [6, 6.07) is 2.31. The largest absolute Gasteiger partial charge is 0.341 e. The molecular weight excluding hydrogens is 292 g/mol. The first-order valence-corrected chi connectivity index (χ1v) is 8.69. The summed E-state index contributed by atoms with van der Waals surface area (Å²) in [4.78, 5) is 28.7. The molecule has 2 amide bonds. The first kappa shape index (κ1) is 16.0. The molecule has 1 aromatic rings. The smallest absolute Gasteiger partial charge is 0.222 e. The zero-order valence-electron chi connectivity index (χ0n) is 13.9. The van der Waals surface area contributed by atoms with Crippen LogP contribution in [0.4, 0.5) is 0 Å². The number of hydrogen-bond acceptors (Lipinski definition) is 3. The molecule has 2 fully saturated rings. The van der Waals surface area contributed by atoms with E-state index in [-0.39, 0.29) is 23.9 Å². The van der Waals surface area contributed by atoms with E-state index in [1.165, 1.54) is 0 Å². The van der Waals surface area contributed by atoms with Crippen molar-refractivity contribution in [2.75, 3.05) is 13.6 Å². The van der Waals surface area contributed by atoms with E-state index in [9.17, 15) is 9.59 Å². The fraction of sp³-hybridized carbons (Fsp3) is 0.706. The summed E-state index contributed by atoms with van der Waals surface area (Å²) in [6.07, 6.45) is 9.51. The Hall–Kier alpha value is -1.85. The Kier molecular flexibility index (Phi) is 4.98. The van der Waals surface area contributed by atoms with Gasteiger partial charge >= 0.3 is 0 Å². The number of amides is 2. The van der Waals surface area contributed by atoms with Crippen LogP contribution in [0.1, 0.15) is 44.9 Å². The molecule has 2 aliphatic rings. The Bertz CT molecular complexity index is 543. The van der Waals surface area contributed by atoms with E-state index in [1.807, 2.05) is 33.8 Å². The molecule has 3 heterocycles. The van der Waals surface area contributed by atoms with E-state index >= 15 is 0 Å². The van der Waals surface area contributed by atoms with E-state index in [0.717, 1.165) is 45.2 Å². The summed E-state index contributed by atoms with van der Waals surface area (Å²) in [5, 5.41) is 4.17. The minimum absolute atomic E-state index is 0.203. The third-order valence-corrected chi connectivity index (χ3v) is 5.18. The molecule has 0 aliphatic carbocycles. The van der Waals surface area contributed by atoms with Crippen LogP contribution in [0.5, 0.6) is 0 Å². The minimum atomic E-state index is 0.203. The van der Waals surface area contributed by atoms with Gasteiger partial charge in [-0.2, -0.15) is 5.10 Å². The Morgan fingerprint density at radius 2 is 2.13 bits per heavy atom. The second kappa shape index (κ2) is 7.15. The van der Waals surface area contributed by atoms with Gasteiger partial charge in [-0.1, -0.05) is 0 Å². The Morgan fingerprint density at radius 3 is 2.91 bits per heavy atom. The maximum atomic E-state index is 12.7. The fourth-order valence-corrected chi connectivity index (χ4v) is 3.94. The van der Waals surface area contributed by atoms with Crippen LogP contribution in [0.2, 0.25) is 0 Å². The van der Waals surface area contributed by atoms with E-state index < -0.39 is 0 Å². The summed E-state index contributed by atoms with van der Waals surface area (Å²) in [5.74, 6) is 0.458. The molecule has 0 N–H and O–H groups in total. The summed E-state index contributed by atoms with van der Waals surface area (Å²) in [6.45, 7) is 1.61. The van der Waals surface area contributed by atoms with Gasteiger partial charge in [-0.3, -0.25) is 14.3 Å². The summed E-state index contributed by atoms with van der Waals surface area (Å²) in [7, 11) is 1.90. The van der Waals surface area contributed by atoms with Gasteiger partial charge in [0.1, 0.15) is 0 Å². The van der Waals surface area contributed by atoms with Gasteiger partial charge in [0.05, 0.1) is 12.1 Å². The molecule has 2 saturated heterocycles. The van der Waals surface area contributed by atoms with Gasteiger partial charge in [-0.15, -0.1) is 0 Å². The summed E-state index contributed by atoms with van der Waals surface area (Å²) < 4.78 is 1.87. The lowest BCUT2D eigenvalue weighted by Crippen LogP contribution is -2.56. The summed E-state index contributed by atoms with van der Waals surface area (Å²) >= 11 is 0. The molecule has 23 heavy (non-hydrogen) atoms. The van der Waals surface area contributed by atoms with Gasteiger partial charge < -0.3 is 9.80 Å². The number of carbonyl (C=O) groups is 2. The number of likely N-dealkylation sites (tertiary alicyclic amines) is 2. The first-order chi connectivity index (χ1) is 11.2. The SMILES string of the molecule is CN1C(=O)CCC[C@@H]2[C@H]1CCCN2C(=O)CCCn1cccn1. The zero-order valence-corrected chi connectivity index (χ0v) is 13.9. The fourth-order valence-electron chi connectivity index (χ4n) is 3.94. The van der Waals surface area contributed by atoms with Gasteiger partial charge in [0.25, 0.3) is 0 Å². The molecular formula is C17H26N4O2. The Balaban J connectivity index is 1.59. The number of likely N-dealkylation sites (N-methyl/N-ethyl adjacent to an activating group) is 1. The number of carbonyl (C=O) groups excluding carboxylic acids is 2. The lowest BCUT2D eigenvalue weighted by atomic mass is 9.92. The molecule has 0 aromatic carbocycles. The number of nitrogens with zero attached hydrogens (tertiary/aromatic N) is 4. The topological polar surface area (TPSA) is 58.4 Å². The standard InChI is InChI=1S/C17H26N4O2/c1-19-14-7-3-13-21(15(14)6-2-8-16(19)22)17(23)9-4-11-20-12-5-10-18-20/h5,10,12,14-15H,2-4,6-9,11,13H2,1H3/t14-,15-/m1/s1. The molecule has 126 valence electrons. The van der Waals surface area contributed by atoms with Crippen molar-refractivity contribution in [3.63, 3.8) is 0 Å². The second-order valence-electron chi connectivity index (χ2n) is 6.63. The highest BCUT2D eigenvalue weighted by atomic mass is 16.2. The minimum Gasteiger partial charge on any atom is -0.341 e. The molecule has 0 unspecified atom stereocenters. The number of hydrogen-bond donors (Lipinski definition) is 0. The highest BCUT2D eigenvalue weighted by molar-refractivity contribution is 5.78. The average Bonchev–Trinajstić information content (AvgIpc) is 3.02. The Morgan fingerprint density at radius 1 is 1.30 bits per heavy atom. The first-order valence-electron chi connectivity index (χ1n) is 8.69. The van der Waals surface area contributed by atoms with E-state index in [1.54, 1.807) is 6.20 Å². The van der Waals surface area contributed by atoms with Gasteiger partial charge in [-0.05, 0) is 38.2 Å². The normalized spacial score (nSPS) is 25.2. The second-order valence-corrected chi connectivity index (χ2v) is 6.63. The lowest BCUT2D eigenvalue weighted by molar-refractivity contribution is -0.141. The molecule has 0 bridgehead atoms. The van der Waals surface area contributed by atoms with Gasteiger partial charge in [0.2, 0.25) is 11.8 Å². The van der Waals surface area contributed by atoms with Crippen LogP contribution in [-0.2, 0) is 16.1 Å². The van der Waals surface area contributed by atoms with E-state index in [0.29, 0.717) is 12.8 Å². The quantitative estimate of drug-likeness (QED) is 0.848. The third-order valence-electron chi connectivity index (χ3n) is 5.18. The van der Waals surface area contributed by atoms with Crippen molar-refractivity contribution in [2.24, 2.45) is 0 Å². The maximum Gasteiger partial charge on any atom is 0.222 e. The van der Waals surface area contributed by atoms with Crippen LogP contribution in [-0.4, -0.2) is 57.1 Å². The maximum absolute atomic E-state index is 12.7. The van der Waals surface area contributed by atoms with Gasteiger partial charge in [0, 0.05) is 45.4 Å². The van der Waals surface area contributed by atoms with Crippen LogP contribution >= 0.6 is 0 Å². The molecule has 0 radical (unpaired) electrons. The monoisotopic (exact) mass is 318 g/mol. The van der Waals surface area contributed by atoms with Crippen molar-refractivity contribution >= 4 is 11.8 Å². The van der Waals surface area contributed by atoms with Crippen LogP contribution in [0, 0.1) is 0 Å². The number of rotatable bonds is 4. The van der Waals surface area contributed by atoms with Gasteiger partial charge in [-0.25, -0.2) is 0 Å². The van der Waals surface area contributed by atoms with E-state index in [2.05, 4.69) is 5.10 Å². The van der Waals surface area contributed by atoms with Crippen LogP contribution in [0.15, 0.2) is 18.5 Å². The van der Waals surface area contributed by atoms with Crippen LogP contribution < -0.4 is 0 Å². The molecule has 3 rings (SSSR count). The number of piperidine rings is 1. The number of aryl methyl sites for hydroxylation is 1. The Labute approximate surface area is 137 Å². The van der Waals surface area contributed by atoms with Crippen LogP contribution in [0.25, 0.3) is 0 Å². The molecule has 0 saturated carbocycles. The van der Waals surface area contributed by atoms with Crippen LogP contribution in [0.3, 0.4) is 0 Å². The van der Waals surface area contributed by atoms with Crippen molar-refractivity contribution < 1.29 is 9.59 Å². The highest BCUT2D eigenvalue weighted by Gasteiger charge is 2.38. The molecule has 2 aliphatic heterocycles. The zero-order chi connectivity index (χ0) is 16.2. The van der Waals surface area contributed by atoms with Crippen molar-refractivity contribution in [1.29, 1.82) is 0 Å². The van der Waals surface area contributed by atoms with Crippen molar-refractivity contribution in [2.45, 2.75) is 63.6 Å². The predicted octanol–water partition coefficient (Wildman–Crippen LogP) is 1.67. The molecule has 6 nitrogen and oxygen atoms in total. The predicted molar refractivity (Wildman–Crippen MR) is 86.6 cm³/mol. The highest BCUT2D eigenvalue weighted by Crippen LogP contribution is 2.29. The third kappa shape index (κ3) is 3.57. The van der Waals surface area contributed by atoms with Crippen molar-refractivity contribution in [3.8, 4) is 0 Å². The van der Waals surface area contributed by atoms with Crippen molar-refractivity contribution in [1.82, 2.24) is 19.6 Å². The van der Waals surface area contributed by atoms with E-state index in [4.69, 9.17) is 0 Å². The molecule has 6 heteroatoms. The number of aromatic nitrogens is 2. The van der Waals surface area contributed by atoms with Crippen molar-refractivity contribution in [3.05, 3.63) is 18.5 Å². The van der Waals surface area contributed by atoms with Gasteiger partial charge in [0.15, 0.2) is 0 Å². The summed E-state index contributed by atoms with van der Waals surface area (Å²) in [5.41, 5.74) is 0. The molecule has 1 aromatic heterocycles. The average molecular weight is 318 g/mol.